The highest BCUT2D eigenvalue weighted by molar-refractivity contribution is 7.96. The molecule has 126 valence electrons. The van der Waals surface area contributed by atoms with Crippen molar-refractivity contribution in [3.05, 3.63) is 0 Å². The van der Waals surface area contributed by atoms with E-state index in [1.165, 1.54) is 0 Å². The molecule has 0 aliphatic heterocycles. The monoisotopic (exact) mass is 336 g/mol. The second-order valence-electron chi connectivity index (χ2n) is 5.05. The van der Waals surface area contributed by atoms with Crippen LogP contribution in [-0.4, -0.2) is 33.7 Å². The standard InChI is InChI=1S/C15H32O4SSi/c1-5-9-11-14(15(16)20)12-10-13-21(17-6-2,18-7-3)19-8-4/h14H,5-13H2,1-4H3,(H,16,20). The molecule has 0 aromatic carbocycles. The molecular formula is C15H32O4SSi. The molecule has 0 rings (SSSR count). The van der Waals surface area contributed by atoms with Gasteiger partial charge in [0.25, 0.3) is 0 Å². The summed E-state index contributed by atoms with van der Waals surface area (Å²) in [4.78, 5) is 11.6. The number of unbranched alkanes of at least 4 members (excludes halogenated alkanes) is 1. The molecule has 0 saturated heterocycles. The van der Waals surface area contributed by atoms with Gasteiger partial charge in [0.15, 0.2) is 5.12 Å². The Morgan fingerprint density at radius 3 is 1.81 bits per heavy atom. The second kappa shape index (κ2) is 12.6. The molecule has 0 N–H and O–H groups in total. The first-order chi connectivity index (χ1) is 10.0. The van der Waals surface area contributed by atoms with E-state index in [1.54, 1.807) is 0 Å². The van der Waals surface area contributed by atoms with Crippen LogP contribution < -0.4 is 0 Å². The molecule has 0 saturated carbocycles. The average molecular weight is 337 g/mol. The third kappa shape index (κ3) is 8.98. The lowest BCUT2D eigenvalue weighted by Crippen LogP contribution is -2.46. The highest BCUT2D eigenvalue weighted by atomic mass is 32.1. The van der Waals surface area contributed by atoms with E-state index in [-0.39, 0.29) is 11.0 Å². The molecular weight excluding hydrogens is 304 g/mol. The maximum atomic E-state index is 11.6. The normalized spacial score (nSPS) is 13.4. The number of carbonyl (C=O) groups excluding carboxylic acids is 1. The molecule has 0 spiro atoms. The van der Waals surface area contributed by atoms with Crippen LogP contribution in [0.4, 0.5) is 0 Å². The van der Waals surface area contributed by atoms with Crippen molar-refractivity contribution in [3.63, 3.8) is 0 Å². The Morgan fingerprint density at radius 2 is 1.43 bits per heavy atom. The van der Waals surface area contributed by atoms with Crippen molar-refractivity contribution in [2.45, 2.75) is 65.8 Å². The molecule has 1 unspecified atom stereocenters. The Kier molecular flexibility index (Phi) is 12.7. The van der Waals surface area contributed by atoms with Crippen molar-refractivity contribution in [2.75, 3.05) is 19.8 Å². The summed E-state index contributed by atoms with van der Waals surface area (Å²) in [6.07, 6.45) is 4.82. The molecule has 0 aliphatic carbocycles. The number of hydrogen-bond acceptors (Lipinski definition) is 4. The quantitative estimate of drug-likeness (QED) is 0.383. The highest BCUT2D eigenvalue weighted by Gasteiger charge is 2.39. The van der Waals surface area contributed by atoms with Crippen molar-refractivity contribution in [3.8, 4) is 0 Å². The van der Waals surface area contributed by atoms with E-state index in [4.69, 9.17) is 13.3 Å². The molecule has 1 atom stereocenters. The Bertz CT molecular complexity index is 259. The largest absolute Gasteiger partial charge is 0.500 e. The lowest BCUT2D eigenvalue weighted by atomic mass is 9.99. The van der Waals surface area contributed by atoms with Crippen molar-refractivity contribution >= 4 is 26.5 Å². The fourth-order valence-electron chi connectivity index (χ4n) is 2.41. The summed E-state index contributed by atoms with van der Waals surface area (Å²) in [5.41, 5.74) is 0. The Labute approximate surface area is 136 Å². The summed E-state index contributed by atoms with van der Waals surface area (Å²) in [6.45, 7) is 9.80. The fraction of sp³-hybridized carbons (Fsp3) is 0.933. The minimum Gasteiger partial charge on any atom is -0.374 e. The van der Waals surface area contributed by atoms with Gasteiger partial charge in [0.05, 0.1) is 0 Å². The van der Waals surface area contributed by atoms with Crippen molar-refractivity contribution in [1.82, 2.24) is 0 Å². The smallest absolute Gasteiger partial charge is 0.374 e. The van der Waals surface area contributed by atoms with Crippen LogP contribution in [-0.2, 0) is 18.1 Å². The van der Waals surface area contributed by atoms with Crippen molar-refractivity contribution in [1.29, 1.82) is 0 Å². The van der Waals surface area contributed by atoms with Gasteiger partial charge < -0.3 is 13.3 Å². The van der Waals surface area contributed by atoms with Gasteiger partial charge in [-0.2, -0.15) is 0 Å². The molecule has 0 aromatic heterocycles. The van der Waals surface area contributed by atoms with Gasteiger partial charge in [-0.1, -0.05) is 19.8 Å². The first-order valence-electron chi connectivity index (χ1n) is 8.19. The van der Waals surface area contributed by atoms with E-state index in [2.05, 4.69) is 19.6 Å². The topological polar surface area (TPSA) is 44.8 Å². The van der Waals surface area contributed by atoms with Crippen LogP contribution in [0.5, 0.6) is 0 Å². The van der Waals surface area contributed by atoms with Gasteiger partial charge in [0.2, 0.25) is 0 Å². The van der Waals surface area contributed by atoms with Gasteiger partial charge in [-0.15, -0.1) is 12.6 Å². The number of thiol groups is 1. The maximum absolute atomic E-state index is 11.6. The molecule has 0 aromatic rings. The SMILES string of the molecule is CCCCC(CCC[Si](OCC)(OCC)OCC)C(=O)S. The third-order valence-electron chi connectivity index (χ3n) is 3.38. The Hall–Kier alpha value is 0.117. The minimum absolute atomic E-state index is 0.0000497. The number of rotatable bonds is 14. The van der Waals surface area contributed by atoms with Gasteiger partial charge in [0, 0.05) is 31.8 Å². The fourth-order valence-corrected chi connectivity index (χ4v) is 5.31. The van der Waals surface area contributed by atoms with Gasteiger partial charge in [-0.25, -0.2) is 0 Å². The highest BCUT2D eigenvalue weighted by Crippen LogP contribution is 2.24. The molecule has 0 aliphatic rings. The predicted molar refractivity (Wildman–Crippen MR) is 91.7 cm³/mol. The Morgan fingerprint density at radius 1 is 0.952 bits per heavy atom. The molecule has 0 amide bonds. The van der Waals surface area contributed by atoms with Crippen LogP contribution in [0.2, 0.25) is 6.04 Å². The zero-order valence-corrected chi connectivity index (χ0v) is 15.9. The van der Waals surface area contributed by atoms with Gasteiger partial charge >= 0.3 is 8.80 Å². The third-order valence-corrected chi connectivity index (χ3v) is 6.90. The maximum Gasteiger partial charge on any atom is 0.500 e. The number of hydrogen-bond donors (Lipinski definition) is 1. The van der Waals surface area contributed by atoms with Gasteiger partial charge in [0.1, 0.15) is 0 Å². The molecule has 6 heteroatoms. The van der Waals surface area contributed by atoms with E-state index >= 15 is 0 Å². The lowest BCUT2D eigenvalue weighted by molar-refractivity contribution is -0.114. The van der Waals surface area contributed by atoms with Gasteiger partial charge in [-0.05, 0) is 40.0 Å². The first kappa shape index (κ1) is 21.1. The summed E-state index contributed by atoms with van der Waals surface area (Å²) in [6, 6.07) is 0.770. The van der Waals surface area contributed by atoms with Crippen LogP contribution in [0.15, 0.2) is 0 Å². The van der Waals surface area contributed by atoms with Gasteiger partial charge in [-0.3, -0.25) is 4.79 Å². The molecule has 0 bridgehead atoms. The van der Waals surface area contributed by atoms with Crippen molar-refractivity contribution in [2.24, 2.45) is 5.92 Å². The van der Waals surface area contributed by atoms with E-state index < -0.39 is 8.80 Å². The molecule has 21 heavy (non-hydrogen) atoms. The lowest BCUT2D eigenvalue weighted by Gasteiger charge is -2.28. The van der Waals surface area contributed by atoms with E-state index in [1.807, 2.05) is 20.8 Å². The van der Waals surface area contributed by atoms with Crippen LogP contribution in [0, 0.1) is 5.92 Å². The van der Waals surface area contributed by atoms with Crippen LogP contribution in [0.3, 0.4) is 0 Å². The van der Waals surface area contributed by atoms with Crippen LogP contribution in [0.1, 0.15) is 59.8 Å². The summed E-state index contributed by atoms with van der Waals surface area (Å²) in [5, 5.41) is -0.0000497. The predicted octanol–water partition coefficient (Wildman–Crippen LogP) is 4.08. The second-order valence-corrected chi connectivity index (χ2v) is 8.22. The summed E-state index contributed by atoms with van der Waals surface area (Å²) in [7, 11) is -2.56. The molecule has 0 heterocycles. The summed E-state index contributed by atoms with van der Waals surface area (Å²) in [5.74, 6) is 0.0462. The van der Waals surface area contributed by atoms with E-state index in [0.717, 1.165) is 38.1 Å². The Balaban J connectivity index is 4.46. The first-order valence-corrected chi connectivity index (χ1v) is 10.6. The molecule has 0 fully saturated rings. The molecule has 4 nitrogen and oxygen atoms in total. The van der Waals surface area contributed by atoms with Crippen molar-refractivity contribution < 1.29 is 18.1 Å². The zero-order chi connectivity index (χ0) is 16.1. The van der Waals surface area contributed by atoms with Crippen LogP contribution in [0.25, 0.3) is 0 Å². The minimum atomic E-state index is -2.56. The summed E-state index contributed by atoms with van der Waals surface area (Å²) < 4.78 is 17.5. The van der Waals surface area contributed by atoms with E-state index in [9.17, 15) is 4.79 Å². The zero-order valence-electron chi connectivity index (χ0n) is 14.0. The average Bonchev–Trinajstić information content (AvgIpc) is 2.43. The molecule has 0 radical (unpaired) electrons. The number of carbonyl (C=O) groups is 1. The van der Waals surface area contributed by atoms with E-state index in [0.29, 0.717) is 19.8 Å². The van der Waals surface area contributed by atoms with Crippen LogP contribution >= 0.6 is 12.6 Å². The summed E-state index contributed by atoms with van der Waals surface area (Å²) >= 11 is 4.01.